The van der Waals surface area contributed by atoms with E-state index in [-0.39, 0.29) is 0 Å². The third-order valence-corrected chi connectivity index (χ3v) is 5.38. The minimum Gasteiger partial charge on any atom is -0.491 e. The summed E-state index contributed by atoms with van der Waals surface area (Å²) in [5, 5.41) is 2.55. The number of rotatable bonds is 4. The first-order valence-corrected chi connectivity index (χ1v) is 8.41. The number of carbonyl (C=O) groups excluding carboxylic acids is 1. The molecule has 0 unspecified atom stereocenters. The van der Waals surface area contributed by atoms with Gasteiger partial charge in [0.2, 0.25) is 6.41 Å². The highest BCUT2D eigenvalue weighted by atomic mass is 35.5. The normalized spacial score (nSPS) is 13.6. The van der Waals surface area contributed by atoms with Crippen LogP contribution < -0.4 is 14.4 Å². The van der Waals surface area contributed by atoms with Gasteiger partial charge in [-0.1, -0.05) is 11.6 Å². The number of ether oxygens (including phenoxy) is 2. The van der Waals surface area contributed by atoms with Crippen LogP contribution >= 0.6 is 23.4 Å². The summed E-state index contributed by atoms with van der Waals surface area (Å²) in [5.41, 5.74) is 2.83. The molecule has 7 heteroatoms. The van der Waals surface area contributed by atoms with Crippen LogP contribution in [0.5, 0.6) is 11.5 Å². The van der Waals surface area contributed by atoms with Crippen molar-refractivity contribution in [3.63, 3.8) is 0 Å². The number of benzene rings is 1. The van der Waals surface area contributed by atoms with Crippen LogP contribution in [0.2, 0.25) is 5.02 Å². The molecule has 0 fully saturated rings. The third-order valence-electron chi connectivity index (χ3n) is 4.12. The third kappa shape index (κ3) is 1.83. The van der Waals surface area contributed by atoms with Crippen LogP contribution in [0.4, 0.5) is 5.69 Å². The van der Waals surface area contributed by atoms with Gasteiger partial charge in [0.15, 0.2) is 11.5 Å². The van der Waals surface area contributed by atoms with Crippen molar-refractivity contribution >= 4 is 46.4 Å². The van der Waals surface area contributed by atoms with Crippen molar-refractivity contribution in [2.24, 2.45) is 7.05 Å². The van der Waals surface area contributed by atoms with Crippen molar-refractivity contribution < 1.29 is 14.3 Å². The van der Waals surface area contributed by atoms with Crippen molar-refractivity contribution in [1.82, 2.24) is 4.57 Å². The van der Waals surface area contributed by atoms with Crippen molar-refractivity contribution in [3.8, 4) is 11.5 Å². The highest BCUT2D eigenvalue weighted by molar-refractivity contribution is 7.98. The zero-order chi connectivity index (χ0) is 16.0. The van der Waals surface area contributed by atoms with Gasteiger partial charge >= 0.3 is 0 Å². The Balaban J connectivity index is 2.56. The van der Waals surface area contributed by atoms with Crippen LogP contribution in [-0.4, -0.2) is 38.0 Å². The lowest BCUT2D eigenvalue weighted by Crippen LogP contribution is -2.27. The first kappa shape index (κ1) is 15.4. The first-order chi connectivity index (χ1) is 10.6. The maximum absolute atomic E-state index is 11.5. The molecule has 1 aromatic carbocycles. The number of nitrogens with zero attached hydrogens (tertiary/aromatic N) is 2. The fraction of sp³-hybridized carbons (Fsp3) is 0.400. The molecule has 1 aliphatic heterocycles. The fourth-order valence-electron chi connectivity index (χ4n) is 3.25. The number of carbonyl (C=O) groups is 1. The molecule has 0 atom stereocenters. The molecule has 0 spiro atoms. The topological polar surface area (TPSA) is 43.7 Å². The highest BCUT2D eigenvalue weighted by Crippen LogP contribution is 2.53. The van der Waals surface area contributed by atoms with Gasteiger partial charge < -0.3 is 18.9 Å². The number of thioether (sulfide) groups is 1. The first-order valence-electron chi connectivity index (χ1n) is 6.81. The van der Waals surface area contributed by atoms with Gasteiger partial charge in [0.05, 0.1) is 30.4 Å². The molecule has 0 radical (unpaired) electrons. The van der Waals surface area contributed by atoms with Crippen molar-refractivity contribution in [1.29, 1.82) is 0 Å². The SMILES string of the molecule is COc1c(Cl)c2c3c(c(SC)n(C)c3c1OC)CCN2C=O. The molecule has 0 bridgehead atoms. The van der Waals surface area contributed by atoms with E-state index in [1.807, 2.05) is 13.3 Å². The molecule has 0 aliphatic carbocycles. The van der Waals surface area contributed by atoms with Crippen LogP contribution in [0, 0.1) is 0 Å². The molecule has 0 saturated carbocycles. The number of hydrogen-bond acceptors (Lipinski definition) is 4. The lowest BCUT2D eigenvalue weighted by Gasteiger charge is -2.26. The Morgan fingerprint density at radius 2 is 1.95 bits per heavy atom. The number of anilines is 1. The van der Waals surface area contributed by atoms with Gasteiger partial charge in [-0.2, -0.15) is 0 Å². The molecule has 0 saturated heterocycles. The van der Waals surface area contributed by atoms with Crippen LogP contribution in [0.25, 0.3) is 10.9 Å². The Morgan fingerprint density at radius 3 is 2.50 bits per heavy atom. The summed E-state index contributed by atoms with van der Waals surface area (Å²) in [6, 6.07) is 0. The largest absolute Gasteiger partial charge is 0.491 e. The molecule has 2 heterocycles. The van der Waals surface area contributed by atoms with E-state index < -0.39 is 0 Å². The predicted molar refractivity (Wildman–Crippen MR) is 89.9 cm³/mol. The minimum atomic E-state index is 0.415. The summed E-state index contributed by atoms with van der Waals surface area (Å²) >= 11 is 8.21. The molecule has 3 rings (SSSR count). The van der Waals surface area contributed by atoms with Gasteiger partial charge in [0.25, 0.3) is 0 Å². The van der Waals surface area contributed by atoms with Crippen molar-refractivity contribution in [2.75, 3.05) is 31.9 Å². The molecular weight excluding hydrogens is 324 g/mol. The zero-order valence-electron chi connectivity index (χ0n) is 12.9. The second-order valence-electron chi connectivity index (χ2n) is 5.05. The minimum absolute atomic E-state index is 0.415. The average Bonchev–Trinajstić information content (AvgIpc) is 2.82. The van der Waals surface area contributed by atoms with E-state index >= 15 is 0 Å². The molecular formula is C15H17ClN2O3S. The summed E-state index contributed by atoms with van der Waals surface area (Å²) in [6.45, 7) is 0.610. The van der Waals surface area contributed by atoms with Crippen LogP contribution in [0.15, 0.2) is 5.03 Å². The van der Waals surface area contributed by atoms with E-state index in [0.29, 0.717) is 28.8 Å². The average molecular weight is 341 g/mol. The lowest BCUT2D eigenvalue weighted by molar-refractivity contribution is -0.107. The number of amides is 1. The van der Waals surface area contributed by atoms with Crippen LogP contribution in [0.1, 0.15) is 5.56 Å². The summed E-state index contributed by atoms with van der Waals surface area (Å²) in [7, 11) is 5.14. The Morgan fingerprint density at radius 1 is 1.27 bits per heavy atom. The molecule has 2 aromatic rings. The van der Waals surface area contributed by atoms with Crippen LogP contribution in [-0.2, 0) is 18.3 Å². The maximum Gasteiger partial charge on any atom is 0.214 e. The van der Waals surface area contributed by atoms with Gasteiger partial charge in [0.1, 0.15) is 5.02 Å². The number of aromatic nitrogens is 1. The predicted octanol–water partition coefficient (Wildman–Crippen LogP) is 3.09. The van der Waals surface area contributed by atoms with E-state index in [1.165, 1.54) is 5.56 Å². The molecule has 1 aliphatic rings. The zero-order valence-corrected chi connectivity index (χ0v) is 14.5. The van der Waals surface area contributed by atoms with E-state index in [1.54, 1.807) is 30.9 Å². The van der Waals surface area contributed by atoms with E-state index in [0.717, 1.165) is 28.8 Å². The Labute approximate surface area is 138 Å². The summed E-state index contributed by atoms with van der Waals surface area (Å²) in [4.78, 5) is 13.1. The van der Waals surface area contributed by atoms with Gasteiger partial charge in [-0.05, 0) is 18.2 Å². The van der Waals surface area contributed by atoms with Crippen molar-refractivity contribution in [2.45, 2.75) is 11.4 Å². The van der Waals surface area contributed by atoms with Crippen LogP contribution in [0.3, 0.4) is 0 Å². The molecule has 118 valence electrons. The smallest absolute Gasteiger partial charge is 0.214 e. The lowest BCUT2D eigenvalue weighted by atomic mass is 10.0. The van der Waals surface area contributed by atoms with Gasteiger partial charge in [-0.3, -0.25) is 4.79 Å². The Hall–Kier alpha value is -1.53. The summed E-state index contributed by atoms with van der Waals surface area (Å²) in [5.74, 6) is 1.06. The molecule has 1 aromatic heterocycles. The molecule has 1 amide bonds. The van der Waals surface area contributed by atoms with Crippen molar-refractivity contribution in [3.05, 3.63) is 10.6 Å². The van der Waals surface area contributed by atoms with E-state index in [4.69, 9.17) is 21.1 Å². The monoisotopic (exact) mass is 340 g/mol. The number of methoxy groups -OCH3 is 2. The molecule has 0 N–H and O–H groups in total. The Kier molecular flexibility index (Phi) is 3.91. The quantitative estimate of drug-likeness (QED) is 0.633. The highest BCUT2D eigenvalue weighted by Gasteiger charge is 2.32. The fourth-order valence-corrected chi connectivity index (χ4v) is 4.43. The van der Waals surface area contributed by atoms with E-state index in [2.05, 4.69) is 4.57 Å². The molecule has 22 heavy (non-hydrogen) atoms. The summed E-state index contributed by atoms with van der Waals surface area (Å²) < 4.78 is 13.1. The maximum atomic E-state index is 11.5. The van der Waals surface area contributed by atoms with Gasteiger partial charge in [-0.25, -0.2) is 0 Å². The second-order valence-corrected chi connectivity index (χ2v) is 6.22. The molecule has 5 nitrogen and oxygen atoms in total. The summed E-state index contributed by atoms with van der Waals surface area (Å²) in [6.07, 6.45) is 3.66. The van der Waals surface area contributed by atoms with Gasteiger partial charge in [-0.15, -0.1) is 11.8 Å². The van der Waals surface area contributed by atoms with Gasteiger partial charge in [0, 0.05) is 19.0 Å². The second kappa shape index (κ2) is 5.59. The standard InChI is InChI=1S/C15H17ClN2O3S/c1-17-12-9-8(15(17)22-4)5-6-18(7-19)11(9)10(16)13(20-2)14(12)21-3/h7H,5-6H2,1-4H3. The Bertz CT molecular complexity index is 772. The number of aryl methyl sites for hydroxylation is 1. The van der Waals surface area contributed by atoms with E-state index in [9.17, 15) is 4.79 Å². The number of halogens is 1. The number of hydrogen-bond donors (Lipinski definition) is 0.